The number of carbonyl (C=O) groups is 2. The number of hydrogen-bond donors (Lipinski definition) is 3. The van der Waals surface area contributed by atoms with Crippen molar-refractivity contribution in [1.82, 2.24) is 10.6 Å². The minimum atomic E-state index is -0.193. The average Bonchev–Trinajstić information content (AvgIpc) is 2.95. The third-order valence-electron chi connectivity index (χ3n) is 4.20. The topological polar surface area (TPSA) is 78.4 Å². The van der Waals surface area contributed by atoms with Crippen molar-refractivity contribution in [2.45, 2.75) is 45.1 Å². The molecule has 2 rings (SSSR count). The van der Waals surface area contributed by atoms with Crippen molar-refractivity contribution in [2.24, 2.45) is 17.8 Å². The van der Waals surface area contributed by atoms with Gasteiger partial charge in [-0.05, 0) is 37.5 Å². The Morgan fingerprint density at radius 1 is 1.21 bits per heavy atom. The van der Waals surface area contributed by atoms with Gasteiger partial charge in [0.2, 0.25) is 11.8 Å². The summed E-state index contributed by atoms with van der Waals surface area (Å²) in [6.07, 6.45) is 3.73. The lowest BCUT2D eigenvalue weighted by Gasteiger charge is -2.11. The van der Waals surface area contributed by atoms with Crippen molar-refractivity contribution < 1.29 is 14.7 Å². The fraction of sp³-hybridized carbons (Fsp3) is 0.857. The van der Waals surface area contributed by atoms with Crippen molar-refractivity contribution in [3.8, 4) is 0 Å². The highest BCUT2D eigenvalue weighted by Crippen LogP contribution is 2.37. The van der Waals surface area contributed by atoms with Crippen molar-refractivity contribution in [1.29, 1.82) is 0 Å². The van der Waals surface area contributed by atoms with E-state index >= 15 is 0 Å². The molecule has 108 valence electrons. The number of nitrogens with one attached hydrogen (secondary N) is 2. The lowest BCUT2D eigenvalue weighted by atomic mass is 10.1. The number of hydrogen-bond acceptors (Lipinski definition) is 3. The summed E-state index contributed by atoms with van der Waals surface area (Å²) in [5.41, 5.74) is 0. The molecule has 19 heavy (non-hydrogen) atoms. The van der Waals surface area contributed by atoms with Crippen LogP contribution < -0.4 is 10.6 Å². The van der Waals surface area contributed by atoms with E-state index in [0.717, 1.165) is 25.7 Å². The van der Waals surface area contributed by atoms with Crippen LogP contribution in [-0.2, 0) is 9.59 Å². The van der Waals surface area contributed by atoms with E-state index in [1.807, 2.05) is 0 Å². The minimum absolute atomic E-state index is 0.0227. The predicted molar refractivity (Wildman–Crippen MR) is 71.3 cm³/mol. The van der Waals surface area contributed by atoms with Crippen LogP contribution in [0.15, 0.2) is 0 Å². The smallest absolute Gasteiger partial charge is 0.223 e. The van der Waals surface area contributed by atoms with E-state index < -0.39 is 0 Å². The molecule has 0 aliphatic heterocycles. The average molecular weight is 268 g/mol. The van der Waals surface area contributed by atoms with Gasteiger partial charge in [0.15, 0.2) is 0 Å². The zero-order chi connectivity index (χ0) is 13.8. The Bertz CT molecular complexity index is 346. The Labute approximate surface area is 114 Å². The number of aliphatic hydroxyl groups excluding tert-OH is 1. The fourth-order valence-electron chi connectivity index (χ4n) is 2.70. The zero-order valence-electron chi connectivity index (χ0n) is 11.5. The molecule has 0 spiro atoms. The first-order valence-corrected chi connectivity index (χ1v) is 7.28. The highest BCUT2D eigenvalue weighted by Gasteiger charge is 2.38. The third-order valence-corrected chi connectivity index (χ3v) is 4.20. The van der Waals surface area contributed by atoms with Gasteiger partial charge in [0.05, 0.1) is 6.10 Å². The van der Waals surface area contributed by atoms with E-state index in [2.05, 4.69) is 17.6 Å². The van der Waals surface area contributed by atoms with Gasteiger partial charge in [-0.25, -0.2) is 0 Å². The molecule has 5 nitrogen and oxygen atoms in total. The second-order valence-corrected chi connectivity index (χ2v) is 6.00. The monoisotopic (exact) mass is 268 g/mol. The Hall–Kier alpha value is -1.10. The summed E-state index contributed by atoms with van der Waals surface area (Å²) in [4.78, 5) is 23.1. The molecule has 0 bridgehead atoms. The minimum Gasteiger partial charge on any atom is -0.393 e. The molecule has 0 aromatic carbocycles. The Balaban J connectivity index is 1.51. The summed E-state index contributed by atoms with van der Waals surface area (Å²) in [5, 5.41) is 15.1. The van der Waals surface area contributed by atoms with Crippen LogP contribution in [0, 0.1) is 17.8 Å². The van der Waals surface area contributed by atoms with Gasteiger partial charge < -0.3 is 15.7 Å². The zero-order valence-corrected chi connectivity index (χ0v) is 11.5. The third kappa shape index (κ3) is 4.49. The summed E-state index contributed by atoms with van der Waals surface area (Å²) >= 11 is 0. The molecule has 0 aromatic rings. The standard InChI is InChI=1S/C14H24N2O3/c1-9-6-12(9)14(19)15-5-4-13(18)16-8-10-2-3-11(17)7-10/h9-12,17H,2-8H2,1H3,(H,15,19)(H,16,18). The highest BCUT2D eigenvalue weighted by atomic mass is 16.3. The van der Waals surface area contributed by atoms with Gasteiger partial charge >= 0.3 is 0 Å². The van der Waals surface area contributed by atoms with Crippen LogP contribution in [0.1, 0.15) is 39.0 Å². The Morgan fingerprint density at radius 3 is 2.53 bits per heavy atom. The molecule has 2 aliphatic rings. The first-order valence-electron chi connectivity index (χ1n) is 7.28. The quantitative estimate of drug-likeness (QED) is 0.653. The van der Waals surface area contributed by atoms with E-state index in [0.29, 0.717) is 31.3 Å². The molecule has 2 fully saturated rings. The molecule has 2 saturated carbocycles. The maximum Gasteiger partial charge on any atom is 0.223 e. The summed E-state index contributed by atoms with van der Waals surface area (Å²) in [6.45, 7) is 3.12. The van der Waals surface area contributed by atoms with Gasteiger partial charge in [-0.15, -0.1) is 0 Å². The van der Waals surface area contributed by atoms with Crippen molar-refractivity contribution >= 4 is 11.8 Å². The van der Waals surface area contributed by atoms with Crippen LogP contribution in [-0.4, -0.2) is 36.1 Å². The molecule has 5 heteroatoms. The summed E-state index contributed by atoms with van der Waals surface area (Å²) in [6, 6.07) is 0. The lowest BCUT2D eigenvalue weighted by Crippen LogP contribution is -2.33. The molecular formula is C14H24N2O3. The number of amides is 2. The Morgan fingerprint density at radius 2 is 1.95 bits per heavy atom. The maximum absolute atomic E-state index is 11.6. The molecule has 0 aromatic heterocycles. The van der Waals surface area contributed by atoms with Crippen LogP contribution in [0.2, 0.25) is 0 Å². The van der Waals surface area contributed by atoms with E-state index in [4.69, 9.17) is 0 Å². The number of aliphatic hydroxyl groups is 1. The van der Waals surface area contributed by atoms with Gasteiger partial charge in [-0.1, -0.05) is 6.92 Å². The van der Waals surface area contributed by atoms with E-state index in [-0.39, 0.29) is 23.8 Å². The van der Waals surface area contributed by atoms with Crippen LogP contribution in [0.25, 0.3) is 0 Å². The number of carbonyl (C=O) groups excluding carboxylic acids is 2. The SMILES string of the molecule is CC1CC1C(=O)NCCC(=O)NCC1CCC(O)C1. The second kappa shape index (κ2) is 6.37. The van der Waals surface area contributed by atoms with Gasteiger partial charge in [0.1, 0.15) is 0 Å². The van der Waals surface area contributed by atoms with Gasteiger partial charge in [0, 0.05) is 25.4 Å². The first kappa shape index (κ1) is 14.3. The largest absolute Gasteiger partial charge is 0.393 e. The molecule has 4 unspecified atom stereocenters. The number of rotatable bonds is 6. The van der Waals surface area contributed by atoms with Crippen molar-refractivity contribution in [3.05, 3.63) is 0 Å². The molecule has 3 N–H and O–H groups in total. The van der Waals surface area contributed by atoms with Gasteiger partial charge in [-0.2, -0.15) is 0 Å². The molecule has 0 radical (unpaired) electrons. The molecule has 4 atom stereocenters. The van der Waals surface area contributed by atoms with E-state index in [1.54, 1.807) is 0 Å². The van der Waals surface area contributed by atoms with Gasteiger partial charge in [0.25, 0.3) is 0 Å². The molecule has 2 aliphatic carbocycles. The van der Waals surface area contributed by atoms with Crippen LogP contribution in [0.5, 0.6) is 0 Å². The molecule has 0 saturated heterocycles. The maximum atomic E-state index is 11.6. The second-order valence-electron chi connectivity index (χ2n) is 6.00. The molecular weight excluding hydrogens is 244 g/mol. The van der Waals surface area contributed by atoms with Gasteiger partial charge in [-0.3, -0.25) is 9.59 Å². The van der Waals surface area contributed by atoms with Crippen LogP contribution in [0.4, 0.5) is 0 Å². The van der Waals surface area contributed by atoms with Crippen LogP contribution >= 0.6 is 0 Å². The Kier molecular flexibility index (Phi) is 4.80. The first-order chi connectivity index (χ1) is 9.06. The van der Waals surface area contributed by atoms with E-state index in [9.17, 15) is 14.7 Å². The normalized spacial score (nSPS) is 32.9. The predicted octanol–water partition coefficient (Wildman–Crippen LogP) is 0.426. The van der Waals surface area contributed by atoms with Crippen LogP contribution in [0.3, 0.4) is 0 Å². The molecule has 0 heterocycles. The van der Waals surface area contributed by atoms with E-state index in [1.165, 1.54) is 0 Å². The summed E-state index contributed by atoms with van der Waals surface area (Å²) in [5.74, 6) is 1.14. The summed E-state index contributed by atoms with van der Waals surface area (Å²) < 4.78 is 0. The van der Waals surface area contributed by atoms with Crippen molar-refractivity contribution in [3.63, 3.8) is 0 Å². The van der Waals surface area contributed by atoms with Crippen molar-refractivity contribution in [2.75, 3.05) is 13.1 Å². The fourth-order valence-corrected chi connectivity index (χ4v) is 2.70. The molecule has 2 amide bonds. The lowest BCUT2D eigenvalue weighted by molar-refractivity contribution is -0.123. The highest BCUT2D eigenvalue weighted by molar-refractivity contribution is 5.82. The summed E-state index contributed by atoms with van der Waals surface area (Å²) in [7, 11) is 0.